The van der Waals surface area contributed by atoms with Crippen LogP contribution in [0.15, 0.2) is 182 Å². The number of anilines is 6. The third kappa shape index (κ3) is 5.11. The molecule has 1 spiro atoms. The number of hydrogen-bond acceptors (Lipinski definition) is 3. The van der Waals surface area contributed by atoms with Crippen LogP contribution in [0.3, 0.4) is 0 Å². The summed E-state index contributed by atoms with van der Waals surface area (Å²) < 4.78 is 2.63. The van der Waals surface area contributed by atoms with Gasteiger partial charge >= 0.3 is 0 Å². The zero-order valence-electron chi connectivity index (χ0n) is 33.5. The first-order valence-electron chi connectivity index (χ1n) is 21.1. The molecule has 0 unspecified atom stereocenters. The van der Waals surface area contributed by atoms with Crippen molar-refractivity contribution >= 4 is 65.6 Å². The van der Waals surface area contributed by atoms with E-state index >= 15 is 0 Å². The van der Waals surface area contributed by atoms with Gasteiger partial charge in [0.05, 0.1) is 11.4 Å². The molecule has 1 aliphatic heterocycles. The van der Waals surface area contributed by atoms with E-state index < -0.39 is 0 Å². The average molecular weight is 777 g/mol. The minimum absolute atomic E-state index is 0.111. The van der Waals surface area contributed by atoms with Crippen LogP contribution in [0.25, 0.3) is 42.4 Å². The fraction of sp³-hybridized carbons (Fsp3) is 0.143. The number of rotatable bonds is 5. The second-order valence-electron chi connectivity index (χ2n) is 17.2. The van der Waals surface area contributed by atoms with Crippen molar-refractivity contribution in [2.75, 3.05) is 9.80 Å². The Balaban J connectivity index is 1.02. The second kappa shape index (κ2) is 13.0. The molecule has 0 N–H and O–H groups in total. The predicted molar refractivity (Wildman–Crippen MR) is 251 cm³/mol. The SMILES string of the molecule is CC1(C)c2ccccc2N(c2cc(-c3ccc(N(c4ccccc4)c4ccc5c(c4)C4(CCCC4)c4ccccc4-5)cc3)c3sc4ccccc4c3c2)c2ccccc21. The molecule has 12 rings (SSSR count). The van der Waals surface area contributed by atoms with E-state index in [1.807, 2.05) is 11.3 Å². The summed E-state index contributed by atoms with van der Waals surface area (Å²) in [4.78, 5) is 4.95. The zero-order chi connectivity index (χ0) is 39.3. The van der Waals surface area contributed by atoms with Gasteiger partial charge in [0.25, 0.3) is 0 Å². The highest BCUT2D eigenvalue weighted by Gasteiger charge is 2.45. The Morgan fingerprint density at radius 1 is 0.475 bits per heavy atom. The monoisotopic (exact) mass is 776 g/mol. The lowest BCUT2D eigenvalue weighted by molar-refractivity contribution is 0.550. The Labute approximate surface area is 350 Å². The van der Waals surface area contributed by atoms with Gasteiger partial charge in [-0.15, -0.1) is 11.3 Å². The molecule has 2 nitrogen and oxygen atoms in total. The maximum Gasteiger partial charge on any atom is 0.0502 e. The summed E-state index contributed by atoms with van der Waals surface area (Å²) in [5, 5.41) is 2.60. The van der Waals surface area contributed by atoms with Crippen molar-refractivity contribution < 1.29 is 0 Å². The quantitative estimate of drug-likeness (QED) is 0.172. The molecule has 0 amide bonds. The van der Waals surface area contributed by atoms with Gasteiger partial charge in [-0.2, -0.15) is 0 Å². The third-order valence-electron chi connectivity index (χ3n) is 13.8. The van der Waals surface area contributed by atoms with Gasteiger partial charge in [-0.25, -0.2) is 0 Å². The van der Waals surface area contributed by atoms with Crippen LogP contribution in [0.2, 0.25) is 0 Å². The molecule has 284 valence electrons. The number of nitrogens with zero attached hydrogens (tertiary/aromatic N) is 2. The number of hydrogen-bond donors (Lipinski definition) is 0. The molecule has 59 heavy (non-hydrogen) atoms. The smallest absolute Gasteiger partial charge is 0.0502 e. The van der Waals surface area contributed by atoms with E-state index in [1.165, 1.54) is 113 Å². The highest BCUT2D eigenvalue weighted by molar-refractivity contribution is 7.26. The molecule has 1 saturated carbocycles. The fourth-order valence-electron chi connectivity index (χ4n) is 11.0. The molecule has 1 aromatic heterocycles. The summed E-state index contributed by atoms with van der Waals surface area (Å²) in [6.07, 6.45) is 5.01. The number of fused-ring (bicyclic) bond motifs is 10. The molecule has 1 fully saturated rings. The molecule has 0 atom stereocenters. The van der Waals surface area contributed by atoms with Gasteiger partial charge in [-0.1, -0.05) is 142 Å². The van der Waals surface area contributed by atoms with Crippen LogP contribution in [0.4, 0.5) is 34.1 Å². The Kier molecular flexibility index (Phi) is 7.65. The van der Waals surface area contributed by atoms with Crippen LogP contribution < -0.4 is 9.80 Å². The van der Waals surface area contributed by atoms with Gasteiger partial charge < -0.3 is 9.80 Å². The van der Waals surface area contributed by atoms with Crippen LogP contribution in [-0.4, -0.2) is 0 Å². The normalized spacial score (nSPS) is 15.6. The predicted octanol–water partition coefficient (Wildman–Crippen LogP) is 16.1. The molecule has 0 bridgehead atoms. The highest BCUT2D eigenvalue weighted by atomic mass is 32.1. The number of thiophene rings is 1. The average Bonchev–Trinajstić information content (AvgIpc) is 4.00. The maximum absolute atomic E-state index is 2.52. The largest absolute Gasteiger partial charge is 0.310 e. The van der Waals surface area contributed by atoms with E-state index in [2.05, 4.69) is 206 Å². The standard InChI is InChI=1S/C56H44N2S/c1-55(2)48-21-9-11-23-51(48)58(52-24-12-10-22-49(52)55)41-34-45(54-46(35-41)44-19-7-13-25-53(44)59-54)37-26-28-39(29-27-37)57(38-16-4-3-5-17-38)40-30-31-43-42-18-6-8-20-47(42)56(50(43)36-40)32-14-15-33-56/h3-13,16-31,34-36H,14-15,32-33H2,1-2H3. The number of benzene rings is 8. The first-order valence-corrected chi connectivity index (χ1v) is 22.0. The topological polar surface area (TPSA) is 6.48 Å². The molecular formula is C56H44N2S. The van der Waals surface area contributed by atoms with Gasteiger partial charge in [0.2, 0.25) is 0 Å². The van der Waals surface area contributed by atoms with Gasteiger partial charge in [0.1, 0.15) is 0 Å². The summed E-state index contributed by atoms with van der Waals surface area (Å²) in [5.41, 5.74) is 18.2. The van der Waals surface area contributed by atoms with Crippen molar-refractivity contribution in [3.05, 3.63) is 204 Å². The van der Waals surface area contributed by atoms with E-state index in [0.29, 0.717) is 0 Å². The van der Waals surface area contributed by atoms with Crippen molar-refractivity contribution in [3.63, 3.8) is 0 Å². The van der Waals surface area contributed by atoms with Gasteiger partial charge in [0, 0.05) is 59.3 Å². The summed E-state index contributed by atoms with van der Waals surface area (Å²) >= 11 is 1.90. The molecule has 0 radical (unpaired) electrons. The van der Waals surface area contributed by atoms with Crippen molar-refractivity contribution in [1.82, 2.24) is 0 Å². The summed E-state index contributed by atoms with van der Waals surface area (Å²) in [6.45, 7) is 4.72. The van der Waals surface area contributed by atoms with Crippen molar-refractivity contribution in [2.24, 2.45) is 0 Å². The molecular weight excluding hydrogens is 733 g/mol. The van der Waals surface area contributed by atoms with Crippen molar-refractivity contribution in [1.29, 1.82) is 0 Å². The van der Waals surface area contributed by atoms with E-state index in [4.69, 9.17) is 0 Å². The molecule has 2 heterocycles. The lowest BCUT2D eigenvalue weighted by atomic mass is 9.73. The van der Waals surface area contributed by atoms with E-state index in [9.17, 15) is 0 Å². The maximum atomic E-state index is 2.52. The van der Waals surface area contributed by atoms with Gasteiger partial charge in [-0.3, -0.25) is 0 Å². The van der Waals surface area contributed by atoms with Crippen LogP contribution in [0, 0.1) is 0 Å². The minimum atomic E-state index is -0.118. The van der Waals surface area contributed by atoms with Crippen LogP contribution >= 0.6 is 11.3 Å². The van der Waals surface area contributed by atoms with E-state index in [0.717, 1.165) is 11.4 Å². The summed E-state index contributed by atoms with van der Waals surface area (Å²) in [6, 6.07) is 68.3. The molecule has 2 aliphatic carbocycles. The zero-order valence-corrected chi connectivity index (χ0v) is 34.3. The van der Waals surface area contributed by atoms with Gasteiger partial charge in [0.15, 0.2) is 0 Å². The van der Waals surface area contributed by atoms with Crippen molar-refractivity contribution in [2.45, 2.75) is 50.4 Å². The van der Waals surface area contributed by atoms with Crippen LogP contribution in [-0.2, 0) is 10.8 Å². The highest BCUT2D eigenvalue weighted by Crippen LogP contribution is 2.58. The summed E-state index contributed by atoms with van der Waals surface area (Å²) in [5.74, 6) is 0. The molecule has 9 aromatic rings. The van der Waals surface area contributed by atoms with Gasteiger partial charge in [-0.05, 0) is 119 Å². The van der Waals surface area contributed by atoms with Crippen molar-refractivity contribution in [3.8, 4) is 22.3 Å². The minimum Gasteiger partial charge on any atom is -0.310 e. The lowest BCUT2D eigenvalue weighted by Gasteiger charge is -2.42. The first kappa shape index (κ1) is 34.6. The van der Waals surface area contributed by atoms with Crippen LogP contribution in [0.1, 0.15) is 61.8 Å². The van der Waals surface area contributed by atoms with E-state index in [1.54, 1.807) is 0 Å². The summed E-state index contributed by atoms with van der Waals surface area (Å²) in [7, 11) is 0. The Hall–Kier alpha value is -6.42. The Morgan fingerprint density at radius 2 is 1.07 bits per heavy atom. The molecule has 3 heteroatoms. The molecule has 3 aliphatic rings. The third-order valence-corrected chi connectivity index (χ3v) is 15.0. The Morgan fingerprint density at radius 3 is 1.81 bits per heavy atom. The van der Waals surface area contributed by atoms with Crippen LogP contribution in [0.5, 0.6) is 0 Å². The first-order chi connectivity index (χ1) is 29.0. The Bertz CT molecular complexity index is 3040. The molecule has 8 aromatic carbocycles. The lowest BCUT2D eigenvalue weighted by Crippen LogP contribution is -2.30. The second-order valence-corrected chi connectivity index (χ2v) is 18.3. The number of para-hydroxylation sites is 3. The fourth-order valence-corrected chi connectivity index (χ4v) is 12.2. The van der Waals surface area contributed by atoms with E-state index in [-0.39, 0.29) is 10.8 Å². The molecule has 0 saturated heterocycles.